The van der Waals surface area contributed by atoms with Gasteiger partial charge in [0.05, 0.1) is 11.9 Å². The Morgan fingerprint density at radius 2 is 2.17 bits per heavy atom. The normalized spacial score (nSPS) is 10.3. The van der Waals surface area contributed by atoms with Crippen molar-refractivity contribution in [2.75, 3.05) is 5.32 Å². The molecule has 0 radical (unpaired) electrons. The highest BCUT2D eigenvalue weighted by atomic mass is 35.5. The molecule has 2 rings (SSSR count). The summed E-state index contributed by atoms with van der Waals surface area (Å²) in [5.74, 6) is 0.193. The predicted molar refractivity (Wildman–Crippen MR) is 69.9 cm³/mol. The van der Waals surface area contributed by atoms with E-state index in [1.807, 2.05) is 6.07 Å². The number of para-hydroxylation sites is 1. The Bertz CT molecular complexity index is 625. The maximum absolute atomic E-state index is 11.5. The van der Waals surface area contributed by atoms with Gasteiger partial charge >= 0.3 is 0 Å². The molecule has 0 atom stereocenters. The zero-order chi connectivity index (χ0) is 13.1. The minimum absolute atomic E-state index is 0.0860. The van der Waals surface area contributed by atoms with Crippen molar-refractivity contribution >= 4 is 17.3 Å². The fourth-order valence-corrected chi connectivity index (χ4v) is 1.72. The first-order valence-electron chi connectivity index (χ1n) is 5.32. The van der Waals surface area contributed by atoms with Crippen molar-refractivity contribution in [2.45, 2.75) is 6.54 Å². The van der Waals surface area contributed by atoms with E-state index in [0.717, 1.165) is 4.68 Å². The van der Waals surface area contributed by atoms with E-state index in [9.17, 15) is 9.90 Å². The third-order valence-electron chi connectivity index (χ3n) is 2.54. The van der Waals surface area contributed by atoms with E-state index < -0.39 is 0 Å². The molecule has 0 saturated carbocycles. The summed E-state index contributed by atoms with van der Waals surface area (Å²) >= 11 is 5.91. The molecule has 18 heavy (non-hydrogen) atoms. The van der Waals surface area contributed by atoms with Crippen LogP contribution in [0.5, 0.6) is 5.75 Å². The molecule has 6 heteroatoms. The number of halogens is 1. The summed E-state index contributed by atoms with van der Waals surface area (Å²) in [4.78, 5) is 11.5. The zero-order valence-corrected chi connectivity index (χ0v) is 10.5. The maximum Gasteiger partial charge on any atom is 0.287 e. The van der Waals surface area contributed by atoms with Gasteiger partial charge in [0.25, 0.3) is 5.56 Å². The second-order valence-electron chi connectivity index (χ2n) is 3.78. The maximum atomic E-state index is 11.5. The van der Waals surface area contributed by atoms with E-state index in [-0.39, 0.29) is 16.3 Å². The summed E-state index contributed by atoms with van der Waals surface area (Å²) < 4.78 is 1.16. The van der Waals surface area contributed by atoms with Crippen molar-refractivity contribution in [3.05, 3.63) is 51.4 Å². The summed E-state index contributed by atoms with van der Waals surface area (Å²) in [6.45, 7) is 0.362. The number of nitrogens with zero attached hydrogens (tertiary/aromatic N) is 2. The zero-order valence-electron chi connectivity index (χ0n) is 9.72. The molecule has 1 aromatic heterocycles. The standard InChI is InChI=1S/C12H12ClN3O2/c1-16-12(18)11(13)9(7-15-16)14-6-8-4-2-3-5-10(8)17/h2-5,7,14,17H,6H2,1H3. The molecule has 0 aliphatic rings. The summed E-state index contributed by atoms with van der Waals surface area (Å²) in [7, 11) is 1.53. The quantitative estimate of drug-likeness (QED) is 0.887. The van der Waals surface area contributed by atoms with E-state index in [0.29, 0.717) is 17.8 Å². The molecule has 0 aliphatic carbocycles. The molecular formula is C12H12ClN3O2. The second kappa shape index (κ2) is 5.10. The molecule has 0 spiro atoms. The summed E-state index contributed by atoms with van der Waals surface area (Å²) in [5, 5.41) is 16.5. The number of aromatic hydroxyl groups is 1. The van der Waals surface area contributed by atoms with Crippen LogP contribution in [-0.2, 0) is 13.6 Å². The lowest BCUT2D eigenvalue weighted by Gasteiger charge is -2.09. The van der Waals surface area contributed by atoms with Crippen molar-refractivity contribution in [3.63, 3.8) is 0 Å². The Balaban J connectivity index is 2.19. The van der Waals surface area contributed by atoms with Crippen LogP contribution in [0.15, 0.2) is 35.3 Å². The predicted octanol–water partition coefficient (Wildman–Crippen LogP) is 1.75. The number of hydrogen-bond acceptors (Lipinski definition) is 4. The molecule has 94 valence electrons. The first-order valence-corrected chi connectivity index (χ1v) is 5.70. The van der Waals surface area contributed by atoms with Gasteiger partial charge in [-0.3, -0.25) is 4.79 Å². The molecule has 0 bridgehead atoms. The molecule has 1 aromatic carbocycles. The smallest absolute Gasteiger partial charge is 0.287 e. The van der Waals surface area contributed by atoms with Crippen LogP contribution in [0.1, 0.15) is 5.56 Å². The van der Waals surface area contributed by atoms with Crippen molar-refractivity contribution in [1.82, 2.24) is 9.78 Å². The van der Waals surface area contributed by atoms with Crippen LogP contribution in [0.3, 0.4) is 0 Å². The van der Waals surface area contributed by atoms with Crippen molar-refractivity contribution in [1.29, 1.82) is 0 Å². The SMILES string of the molecule is Cn1ncc(NCc2ccccc2O)c(Cl)c1=O. The molecule has 0 fully saturated rings. The average Bonchev–Trinajstić information content (AvgIpc) is 2.37. The number of benzene rings is 1. The van der Waals surface area contributed by atoms with Gasteiger partial charge < -0.3 is 10.4 Å². The van der Waals surface area contributed by atoms with Gasteiger partial charge in [-0.1, -0.05) is 29.8 Å². The highest BCUT2D eigenvalue weighted by Crippen LogP contribution is 2.20. The van der Waals surface area contributed by atoms with Crippen molar-refractivity contribution in [3.8, 4) is 5.75 Å². The Labute approximate surface area is 109 Å². The Kier molecular flexibility index (Phi) is 3.53. The molecule has 0 amide bonds. The fourth-order valence-electron chi connectivity index (χ4n) is 1.48. The molecular weight excluding hydrogens is 254 g/mol. The first kappa shape index (κ1) is 12.4. The van der Waals surface area contributed by atoms with E-state index in [1.165, 1.54) is 13.2 Å². The lowest BCUT2D eigenvalue weighted by atomic mass is 10.2. The number of aromatic nitrogens is 2. The van der Waals surface area contributed by atoms with Crippen LogP contribution in [0.4, 0.5) is 5.69 Å². The van der Waals surface area contributed by atoms with Gasteiger partial charge in [-0.05, 0) is 6.07 Å². The van der Waals surface area contributed by atoms with E-state index in [2.05, 4.69) is 10.4 Å². The molecule has 1 heterocycles. The summed E-state index contributed by atoms with van der Waals surface area (Å²) in [5.41, 5.74) is 0.802. The van der Waals surface area contributed by atoms with Crippen molar-refractivity contribution < 1.29 is 5.11 Å². The lowest BCUT2D eigenvalue weighted by Crippen LogP contribution is -2.21. The number of anilines is 1. The van der Waals surface area contributed by atoms with Crippen molar-refractivity contribution in [2.24, 2.45) is 7.05 Å². The Hall–Kier alpha value is -2.01. The lowest BCUT2D eigenvalue weighted by molar-refractivity contribution is 0.469. The Morgan fingerprint density at radius 3 is 2.89 bits per heavy atom. The first-order chi connectivity index (χ1) is 8.59. The largest absolute Gasteiger partial charge is 0.508 e. The molecule has 0 aliphatic heterocycles. The van der Waals surface area contributed by atoms with Crippen LogP contribution in [0.2, 0.25) is 5.02 Å². The number of rotatable bonds is 3. The number of nitrogens with one attached hydrogen (secondary N) is 1. The number of hydrogen-bond donors (Lipinski definition) is 2. The molecule has 2 aromatic rings. The third kappa shape index (κ3) is 2.46. The van der Waals surface area contributed by atoms with Crippen LogP contribution < -0.4 is 10.9 Å². The minimum Gasteiger partial charge on any atom is -0.508 e. The van der Waals surface area contributed by atoms with Gasteiger partial charge in [-0.2, -0.15) is 5.10 Å². The van der Waals surface area contributed by atoms with E-state index in [4.69, 9.17) is 11.6 Å². The van der Waals surface area contributed by atoms with Crippen LogP contribution in [-0.4, -0.2) is 14.9 Å². The van der Waals surface area contributed by atoms with Gasteiger partial charge in [0.15, 0.2) is 0 Å². The topological polar surface area (TPSA) is 67.2 Å². The van der Waals surface area contributed by atoms with Gasteiger partial charge in [-0.15, -0.1) is 0 Å². The van der Waals surface area contributed by atoms with E-state index in [1.54, 1.807) is 18.2 Å². The van der Waals surface area contributed by atoms with Crippen LogP contribution >= 0.6 is 11.6 Å². The fraction of sp³-hybridized carbons (Fsp3) is 0.167. The molecule has 0 unspecified atom stereocenters. The van der Waals surface area contributed by atoms with E-state index >= 15 is 0 Å². The molecule has 5 nitrogen and oxygen atoms in total. The monoisotopic (exact) mass is 265 g/mol. The van der Waals surface area contributed by atoms with Gasteiger partial charge in [0.2, 0.25) is 0 Å². The van der Waals surface area contributed by atoms with Gasteiger partial charge in [0.1, 0.15) is 10.8 Å². The number of phenolic OH excluding ortho intramolecular Hbond substituents is 1. The average molecular weight is 266 g/mol. The third-order valence-corrected chi connectivity index (χ3v) is 2.90. The van der Waals surface area contributed by atoms with Crippen LogP contribution in [0.25, 0.3) is 0 Å². The second-order valence-corrected chi connectivity index (χ2v) is 4.16. The summed E-state index contributed by atoms with van der Waals surface area (Å²) in [6.07, 6.45) is 1.48. The Morgan fingerprint density at radius 1 is 1.44 bits per heavy atom. The summed E-state index contributed by atoms with van der Waals surface area (Å²) in [6, 6.07) is 6.94. The molecule has 2 N–H and O–H groups in total. The minimum atomic E-state index is -0.362. The highest BCUT2D eigenvalue weighted by molar-refractivity contribution is 6.32. The number of aryl methyl sites for hydroxylation is 1. The van der Waals surface area contributed by atoms with Gasteiger partial charge in [-0.25, -0.2) is 4.68 Å². The van der Waals surface area contributed by atoms with Crippen LogP contribution in [0, 0.1) is 0 Å². The number of phenols is 1. The highest BCUT2D eigenvalue weighted by Gasteiger charge is 2.07. The van der Waals surface area contributed by atoms with Gasteiger partial charge in [0, 0.05) is 19.2 Å². The molecule has 0 saturated heterocycles.